The Balaban J connectivity index is 3.37. The number of Topliss-reactive ketones (excluding diaryl/α,β-unsaturated/α-hetero) is 1. The summed E-state index contributed by atoms with van der Waals surface area (Å²) in [5.74, 6) is -0.0833. The Labute approximate surface area is 72.0 Å². The molecule has 0 spiro atoms. The van der Waals surface area contributed by atoms with Gasteiger partial charge in [0.2, 0.25) is 5.91 Å². The van der Waals surface area contributed by atoms with Gasteiger partial charge < -0.3 is 10.4 Å². The monoisotopic (exact) mass is 173 g/mol. The third-order valence-electron chi connectivity index (χ3n) is 1.46. The van der Waals surface area contributed by atoms with Gasteiger partial charge in [0, 0.05) is 25.8 Å². The van der Waals surface area contributed by atoms with E-state index in [0.717, 1.165) is 0 Å². The molecule has 0 aliphatic carbocycles. The zero-order valence-electron chi connectivity index (χ0n) is 7.30. The van der Waals surface area contributed by atoms with E-state index >= 15 is 0 Å². The molecule has 0 aromatic rings. The minimum absolute atomic E-state index is 0.0620. The SMILES string of the molecule is CCC(=O)CCC(=O)NCCO. The minimum Gasteiger partial charge on any atom is -0.395 e. The van der Waals surface area contributed by atoms with Crippen molar-refractivity contribution in [2.45, 2.75) is 26.2 Å². The average Bonchev–Trinajstić information content (AvgIpc) is 2.10. The lowest BCUT2D eigenvalue weighted by molar-refractivity contribution is -0.125. The van der Waals surface area contributed by atoms with Crippen LogP contribution in [0.15, 0.2) is 0 Å². The van der Waals surface area contributed by atoms with Crippen molar-refractivity contribution in [2.24, 2.45) is 0 Å². The first-order valence-electron chi connectivity index (χ1n) is 4.10. The summed E-state index contributed by atoms with van der Waals surface area (Å²) < 4.78 is 0. The molecule has 0 atom stereocenters. The van der Waals surface area contributed by atoms with Crippen LogP contribution in [-0.4, -0.2) is 29.9 Å². The largest absolute Gasteiger partial charge is 0.395 e. The second-order valence-corrected chi connectivity index (χ2v) is 2.47. The smallest absolute Gasteiger partial charge is 0.220 e. The van der Waals surface area contributed by atoms with Crippen LogP contribution in [0.3, 0.4) is 0 Å². The maximum absolute atomic E-state index is 10.8. The van der Waals surface area contributed by atoms with E-state index in [2.05, 4.69) is 5.32 Å². The van der Waals surface area contributed by atoms with Crippen LogP contribution in [0.4, 0.5) is 0 Å². The summed E-state index contributed by atoms with van der Waals surface area (Å²) in [6.07, 6.45) is 1.01. The van der Waals surface area contributed by atoms with Crippen LogP contribution in [0, 0.1) is 0 Å². The van der Waals surface area contributed by atoms with Crippen molar-refractivity contribution >= 4 is 11.7 Å². The van der Waals surface area contributed by atoms with Crippen LogP contribution in [0.5, 0.6) is 0 Å². The summed E-state index contributed by atoms with van der Waals surface area (Å²) in [7, 11) is 0. The van der Waals surface area contributed by atoms with Gasteiger partial charge in [-0.15, -0.1) is 0 Å². The van der Waals surface area contributed by atoms with Crippen molar-refractivity contribution < 1.29 is 14.7 Å². The fourth-order valence-electron chi connectivity index (χ4n) is 0.713. The van der Waals surface area contributed by atoms with Crippen molar-refractivity contribution in [3.8, 4) is 0 Å². The first kappa shape index (κ1) is 11.1. The summed E-state index contributed by atoms with van der Waals surface area (Å²) >= 11 is 0. The van der Waals surface area contributed by atoms with E-state index in [1.54, 1.807) is 6.92 Å². The van der Waals surface area contributed by atoms with Crippen LogP contribution < -0.4 is 5.32 Å². The molecule has 0 aliphatic heterocycles. The fraction of sp³-hybridized carbons (Fsp3) is 0.750. The van der Waals surface area contributed by atoms with E-state index in [4.69, 9.17) is 5.11 Å². The van der Waals surface area contributed by atoms with Gasteiger partial charge in [0.15, 0.2) is 0 Å². The Hall–Kier alpha value is -0.900. The normalized spacial score (nSPS) is 9.50. The van der Waals surface area contributed by atoms with Crippen molar-refractivity contribution in [1.29, 1.82) is 0 Å². The van der Waals surface area contributed by atoms with Gasteiger partial charge in [-0.3, -0.25) is 9.59 Å². The highest BCUT2D eigenvalue weighted by atomic mass is 16.3. The molecule has 12 heavy (non-hydrogen) atoms. The van der Waals surface area contributed by atoms with E-state index in [0.29, 0.717) is 12.8 Å². The zero-order valence-corrected chi connectivity index (χ0v) is 7.30. The van der Waals surface area contributed by atoms with Crippen LogP contribution in [-0.2, 0) is 9.59 Å². The number of ketones is 1. The highest BCUT2D eigenvalue weighted by Gasteiger charge is 2.03. The molecule has 70 valence electrons. The summed E-state index contributed by atoms with van der Waals surface area (Å²) in [5.41, 5.74) is 0. The molecule has 2 N–H and O–H groups in total. The fourth-order valence-corrected chi connectivity index (χ4v) is 0.713. The van der Waals surface area contributed by atoms with Gasteiger partial charge in [-0.1, -0.05) is 6.92 Å². The molecular formula is C8H15NO3. The number of hydrogen-bond acceptors (Lipinski definition) is 3. The predicted octanol–water partition coefficient (Wildman–Crippen LogP) is -0.146. The highest BCUT2D eigenvalue weighted by Crippen LogP contribution is 1.93. The van der Waals surface area contributed by atoms with Crippen molar-refractivity contribution in [1.82, 2.24) is 5.32 Å². The van der Waals surface area contributed by atoms with Crippen LogP contribution in [0.1, 0.15) is 26.2 Å². The first-order chi connectivity index (χ1) is 5.70. The van der Waals surface area contributed by atoms with E-state index in [-0.39, 0.29) is 31.3 Å². The second-order valence-electron chi connectivity index (χ2n) is 2.47. The lowest BCUT2D eigenvalue weighted by Crippen LogP contribution is -2.26. The Bertz CT molecular complexity index is 156. The third kappa shape index (κ3) is 5.85. The van der Waals surface area contributed by atoms with E-state index in [9.17, 15) is 9.59 Å². The lowest BCUT2D eigenvalue weighted by atomic mass is 10.2. The summed E-state index contributed by atoms with van der Waals surface area (Å²) in [6.45, 7) is 1.97. The van der Waals surface area contributed by atoms with Crippen molar-refractivity contribution in [2.75, 3.05) is 13.2 Å². The standard InChI is InChI=1S/C8H15NO3/c1-2-7(11)3-4-8(12)9-5-6-10/h10H,2-6H2,1H3,(H,9,12). The van der Waals surface area contributed by atoms with Crippen molar-refractivity contribution in [3.05, 3.63) is 0 Å². The molecule has 0 heterocycles. The molecule has 0 unspecified atom stereocenters. The van der Waals surface area contributed by atoms with E-state index in [1.165, 1.54) is 0 Å². The number of hydrogen-bond donors (Lipinski definition) is 2. The molecule has 0 saturated carbocycles. The molecule has 0 fully saturated rings. The predicted molar refractivity (Wildman–Crippen MR) is 44.6 cm³/mol. The van der Waals surface area contributed by atoms with Crippen LogP contribution in [0.25, 0.3) is 0 Å². The van der Waals surface area contributed by atoms with Gasteiger partial charge in [0.05, 0.1) is 6.61 Å². The Morgan fingerprint density at radius 3 is 2.50 bits per heavy atom. The topological polar surface area (TPSA) is 66.4 Å². The van der Waals surface area contributed by atoms with Gasteiger partial charge in [-0.05, 0) is 0 Å². The number of nitrogens with one attached hydrogen (secondary N) is 1. The van der Waals surface area contributed by atoms with Crippen molar-refractivity contribution in [3.63, 3.8) is 0 Å². The number of carbonyl (C=O) groups excluding carboxylic acids is 2. The van der Waals surface area contributed by atoms with Crippen LogP contribution >= 0.6 is 0 Å². The summed E-state index contributed by atoms with van der Waals surface area (Å²) in [5, 5.41) is 10.8. The van der Waals surface area contributed by atoms with Crippen LogP contribution in [0.2, 0.25) is 0 Å². The quantitative estimate of drug-likeness (QED) is 0.587. The maximum Gasteiger partial charge on any atom is 0.220 e. The number of aliphatic hydroxyl groups excluding tert-OH is 1. The number of amides is 1. The Morgan fingerprint density at radius 2 is 2.00 bits per heavy atom. The summed E-state index contributed by atoms with van der Waals surface area (Å²) in [4.78, 5) is 21.6. The second kappa shape index (κ2) is 6.79. The van der Waals surface area contributed by atoms with Gasteiger partial charge in [-0.25, -0.2) is 0 Å². The maximum atomic E-state index is 10.8. The van der Waals surface area contributed by atoms with E-state index < -0.39 is 0 Å². The molecule has 4 heteroatoms. The molecular weight excluding hydrogens is 158 g/mol. The minimum atomic E-state index is -0.175. The number of carbonyl (C=O) groups is 2. The summed E-state index contributed by atoms with van der Waals surface area (Å²) in [6, 6.07) is 0. The van der Waals surface area contributed by atoms with Gasteiger partial charge in [-0.2, -0.15) is 0 Å². The molecule has 0 aromatic heterocycles. The van der Waals surface area contributed by atoms with E-state index in [1.807, 2.05) is 0 Å². The molecule has 1 amide bonds. The number of rotatable bonds is 6. The third-order valence-corrected chi connectivity index (χ3v) is 1.46. The molecule has 0 rings (SSSR count). The molecule has 0 aromatic carbocycles. The average molecular weight is 173 g/mol. The molecule has 0 saturated heterocycles. The Morgan fingerprint density at radius 1 is 1.33 bits per heavy atom. The first-order valence-corrected chi connectivity index (χ1v) is 4.10. The van der Waals surface area contributed by atoms with Gasteiger partial charge >= 0.3 is 0 Å². The molecule has 0 aliphatic rings. The molecule has 0 bridgehead atoms. The van der Waals surface area contributed by atoms with Gasteiger partial charge in [0.25, 0.3) is 0 Å². The lowest BCUT2D eigenvalue weighted by Gasteiger charge is -2.00. The highest BCUT2D eigenvalue weighted by molar-refractivity contribution is 5.84. The number of aliphatic hydroxyl groups is 1. The Kier molecular flexibility index (Phi) is 6.28. The molecule has 4 nitrogen and oxygen atoms in total. The molecule has 0 radical (unpaired) electrons. The zero-order chi connectivity index (χ0) is 9.40. The van der Waals surface area contributed by atoms with Gasteiger partial charge in [0.1, 0.15) is 5.78 Å².